The molecule has 2 nitrogen and oxygen atoms in total. The molecule has 100 valence electrons. The number of halogens is 1. The molecule has 1 atom stereocenters. The van der Waals surface area contributed by atoms with Crippen LogP contribution in [0.1, 0.15) is 36.9 Å². The van der Waals surface area contributed by atoms with Crippen molar-refractivity contribution in [3.63, 3.8) is 0 Å². The fraction of sp³-hybridized carbons (Fsp3) is 0.600. The minimum atomic E-state index is 0.370. The van der Waals surface area contributed by atoms with Crippen molar-refractivity contribution in [3.05, 3.63) is 33.8 Å². The molecule has 1 fully saturated rings. The van der Waals surface area contributed by atoms with Crippen molar-refractivity contribution < 1.29 is 0 Å². The van der Waals surface area contributed by atoms with E-state index in [0.717, 1.165) is 5.92 Å². The Kier molecular flexibility index (Phi) is 4.82. The quantitative estimate of drug-likeness (QED) is 0.926. The first-order chi connectivity index (χ1) is 8.61. The summed E-state index contributed by atoms with van der Waals surface area (Å²) in [6.45, 7) is 7.51. The Balaban J connectivity index is 2.14. The van der Waals surface area contributed by atoms with Crippen LogP contribution in [0, 0.1) is 12.8 Å². The summed E-state index contributed by atoms with van der Waals surface area (Å²) < 4.78 is 1.18. The van der Waals surface area contributed by atoms with Gasteiger partial charge in [0.1, 0.15) is 0 Å². The average Bonchev–Trinajstić information content (AvgIpc) is 2.37. The molecule has 1 aliphatic rings. The lowest BCUT2D eigenvalue weighted by Crippen LogP contribution is -2.39. The lowest BCUT2D eigenvalue weighted by molar-refractivity contribution is 0.141. The number of rotatable bonds is 3. The zero-order valence-electron chi connectivity index (χ0n) is 11.3. The predicted octanol–water partition coefficient (Wildman–Crippen LogP) is 3.49. The summed E-state index contributed by atoms with van der Waals surface area (Å²) in [5.74, 6) is 0.865. The Bertz CT molecular complexity index is 397. The number of hydrogen-bond acceptors (Lipinski definition) is 2. The molecule has 18 heavy (non-hydrogen) atoms. The van der Waals surface area contributed by atoms with E-state index >= 15 is 0 Å². The highest BCUT2D eigenvalue weighted by molar-refractivity contribution is 9.10. The summed E-state index contributed by atoms with van der Waals surface area (Å²) in [7, 11) is 0. The monoisotopic (exact) mass is 310 g/mol. The molecular formula is C15H23BrN2. The van der Waals surface area contributed by atoms with Crippen molar-refractivity contribution in [1.29, 1.82) is 0 Å². The number of nitrogens with zero attached hydrogens (tertiary/aromatic N) is 1. The van der Waals surface area contributed by atoms with Crippen LogP contribution < -0.4 is 5.73 Å². The Labute approximate surface area is 119 Å². The van der Waals surface area contributed by atoms with E-state index in [-0.39, 0.29) is 0 Å². The molecule has 0 radical (unpaired) electrons. The number of aryl methyl sites for hydroxylation is 1. The van der Waals surface area contributed by atoms with Crippen LogP contribution in [-0.2, 0) is 0 Å². The molecule has 0 aliphatic carbocycles. The second-order valence-corrected chi connectivity index (χ2v) is 6.33. The van der Waals surface area contributed by atoms with Gasteiger partial charge in [0.15, 0.2) is 0 Å². The number of hydrogen-bond donors (Lipinski definition) is 1. The largest absolute Gasteiger partial charge is 0.329 e. The molecule has 1 aromatic rings. The van der Waals surface area contributed by atoms with Crippen molar-refractivity contribution in [2.45, 2.75) is 32.7 Å². The Hall–Kier alpha value is -0.380. The summed E-state index contributed by atoms with van der Waals surface area (Å²) in [6.07, 6.45) is 2.59. The van der Waals surface area contributed by atoms with Gasteiger partial charge in [0.25, 0.3) is 0 Å². The number of nitrogens with two attached hydrogens (primary N) is 1. The Morgan fingerprint density at radius 3 is 2.61 bits per heavy atom. The average molecular weight is 311 g/mol. The van der Waals surface area contributed by atoms with Gasteiger partial charge in [0.2, 0.25) is 0 Å². The van der Waals surface area contributed by atoms with Gasteiger partial charge in [-0.2, -0.15) is 0 Å². The lowest BCUT2D eigenvalue weighted by Gasteiger charge is -2.36. The summed E-state index contributed by atoms with van der Waals surface area (Å²) in [5.41, 5.74) is 8.62. The minimum absolute atomic E-state index is 0.370. The standard InChI is InChI=1S/C15H23BrN2/c1-11-5-7-18(8-6-11)15(10-17)13-4-3-12(2)14(16)9-13/h3-4,9,11,15H,5-8,10,17H2,1-2H3. The topological polar surface area (TPSA) is 29.3 Å². The third-order valence-electron chi connectivity index (χ3n) is 4.06. The second kappa shape index (κ2) is 6.18. The van der Waals surface area contributed by atoms with Crippen LogP contribution in [0.4, 0.5) is 0 Å². The van der Waals surface area contributed by atoms with Crippen LogP contribution in [-0.4, -0.2) is 24.5 Å². The molecule has 0 bridgehead atoms. The fourth-order valence-corrected chi connectivity index (χ4v) is 3.05. The highest BCUT2D eigenvalue weighted by atomic mass is 79.9. The van der Waals surface area contributed by atoms with Crippen molar-refractivity contribution in [2.24, 2.45) is 11.7 Å². The highest BCUT2D eigenvalue weighted by Crippen LogP contribution is 2.28. The summed E-state index contributed by atoms with van der Waals surface area (Å²) in [4.78, 5) is 2.54. The van der Waals surface area contributed by atoms with Crippen LogP contribution in [0.15, 0.2) is 22.7 Å². The van der Waals surface area contributed by atoms with E-state index in [2.05, 4.69) is 52.9 Å². The maximum absolute atomic E-state index is 6.00. The van der Waals surface area contributed by atoms with Gasteiger partial charge in [0, 0.05) is 17.1 Å². The maximum atomic E-state index is 6.00. The first-order valence-corrected chi connectivity index (χ1v) is 7.61. The third kappa shape index (κ3) is 3.14. The zero-order chi connectivity index (χ0) is 13.1. The normalized spacial score (nSPS) is 20.0. The Morgan fingerprint density at radius 2 is 2.06 bits per heavy atom. The van der Waals surface area contributed by atoms with Gasteiger partial charge in [-0.25, -0.2) is 0 Å². The van der Waals surface area contributed by atoms with Crippen LogP contribution in [0.3, 0.4) is 0 Å². The summed E-state index contributed by atoms with van der Waals surface area (Å²) >= 11 is 3.62. The Morgan fingerprint density at radius 1 is 1.39 bits per heavy atom. The van der Waals surface area contributed by atoms with E-state index in [1.807, 2.05) is 0 Å². The van der Waals surface area contributed by atoms with E-state index in [1.54, 1.807) is 0 Å². The van der Waals surface area contributed by atoms with E-state index in [4.69, 9.17) is 5.73 Å². The van der Waals surface area contributed by atoms with Gasteiger partial charge < -0.3 is 5.73 Å². The molecule has 1 saturated heterocycles. The smallest absolute Gasteiger partial charge is 0.0470 e. The highest BCUT2D eigenvalue weighted by Gasteiger charge is 2.23. The van der Waals surface area contributed by atoms with Gasteiger partial charge >= 0.3 is 0 Å². The molecule has 0 aromatic heterocycles. The first-order valence-electron chi connectivity index (χ1n) is 6.82. The van der Waals surface area contributed by atoms with Crippen molar-refractivity contribution in [3.8, 4) is 0 Å². The van der Waals surface area contributed by atoms with Crippen molar-refractivity contribution in [2.75, 3.05) is 19.6 Å². The van der Waals surface area contributed by atoms with Crippen LogP contribution in [0.25, 0.3) is 0 Å². The van der Waals surface area contributed by atoms with Gasteiger partial charge in [-0.15, -0.1) is 0 Å². The van der Waals surface area contributed by atoms with Gasteiger partial charge in [-0.1, -0.05) is 35.0 Å². The fourth-order valence-electron chi connectivity index (χ4n) is 2.65. The minimum Gasteiger partial charge on any atom is -0.329 e. The molecule has 1 unspecified atom stereocenters. The van der Waals surface area contributed by atoms with E-state index in [9.17, 15) is 0 Å². The van der Waals surface area contributed by atoms with E-state index in [1.165, 1.54) is 41.5 Å². The summed E-state index contributed by atoms with van der Waals surface area (Å²) in [5, 5.41) is 0. The van der Waals surface area contributed by atoms with Crippen LogP contribution >= 0.6 is 15.9 Å². The van der Waals surface area contributed by atoms with Gasteiger partial charge in [-0.05, 0) is 56.0 Å². The molecule has 0 amide bonds. The number of likely N-dealkylation sites (tertiary alicyclic amines) is 1. The van der Waals surface area contributed by atoms with Crippen molar-refractivity contribution >= 4 is 15.9 Å². The predicted molar refractivity (Wildman–Crippen MR) is 80.6 cm³/mol. The zero-order valence-corrected chi connectivity index (χ0v) is 12.9. The molecule has 3 heteroatoms. The SMILES string of the molecule is Cc1ccc(C(CN)N2CCC(C)CC2)cc1Br. The van der Waals surface area contributed by atoms with Gasteiger partial charge in [-0.3, -0.25) is 4.90 Å². The lowest BCUT2D eigenvalue weighted by atomic mass is 9.95. The van der Waals surface area contributed by atoms with Crippen LogP contribution in [0.5, 0.6) is 0 Å². The first kappa shape index (κ1) is 14.0. The maximum Gasteiger partial charge on any atom is 0.0470 e. The molecular weight excluding hydrogens is 288 g/mol. The van der Waals surface area contributed by atoms with Crippen LogP contribution in [0.2, 0.25) is 0 Å². The molecule has 2 N–H and O–H groups in total. The molecule has 2 rings (SSSR count). The van der Waals surface area contributed by atoms with Crippen molar-refractivity contribution in [1.82, 2.24) is 4.90 Å². The number of benzene rings is 1. The molecule has 0 spiro atoms. The molecule has 1 heterocycles. The molecule has 1 aliphatic heterocycles. The van der Waals surface area contributed by atoms with Gasteiger partial charge in [0.05, 0.1) is 0 Å². The molecule has 1 aromatic carbocycles. The molecule has 0 saturated carbocycles. The second-order valence-electron chi connectivity index (χ2n) is 5.48. The van der Waals surface area contributed by atoms with E-state index in [0.29, 0.717) is 12.6 Å². The third-order valence-corrected chi connectivity index (χ3v) is 4.92. The number of piperidine rings is 1. The summed E-state index contributed by atoms with van der Waals surface area (Å²) in [6, 6.07) is 6.99. The van der Waals surface area contributed by atoms with E-state index < -0.39 is 0 Å².